The molecular formula is C6H14ClNO2S3. The third-order valence-corrected chi connectivity index (χ3v) is 2.16. The molecule has 0 rings (SSSR count). The lowest BCUT2D eigenvalue weighted by Crippen LogP contribution is -2.34. The van der Waals surface area contributed by atoms with Gasteiger partial charge in [-0.15, -0.1) is 0 Å². The van der Waals surface area contributed by atoms with Crippen molar-refractivity contribution in [3.05, 3.63) is 0 Å². The van der Waals surface area contributed by atoms with Crippen LogP contribution in [-0.4, -0.2) is 31.1 Å². The molecule has 0 aliphatic heterocycles. The number of carbonyl (C=O) groups excluding carboxylic acids is 1. The van der Waals surface area contributed by atoms with Crippen LogP contribution in [0.15, 0.2) is 0 Å². The third kappa shape index (κ3) is 9.08. The van der Waals surface area contributed by atoms with Crippen molar-refractivity contribution in [1.82, 2.24) is 5.32 Å². The molecule has 0 fully saturated rings. The third-order valence-electron chi connectivity index (χ3n) is 1.33. The van der Waals surface area contributed by atoms with Crippen LogP contribution in [-0.2, 0) is 8.98 Å². The van der Waals surface area contributed by atoms with E-state index in [4.69, 9.17) is 0 Å². The maximum atomic E-state index is 10.9. The van der Waals surface area contributed by atoms with E-state index in [9.17, 15) is 4.79 Å². The number of halogens is 1. The van der Waals surface area contributed by atoms with Gasteiger partial charge in [0.05, 0.1) is 0 Å². The van der Waals surface area contributed by atoms with Gasteiger partial charge in [0.2, 0.25) is 0 Å². The zero-order valence-electron chi connectivity index (χ0n) is 7.49. The van der Waals surface area contributed by atoms with Crippen LogP contribution in [0.4, 0.5) is 0 Å². The van der Waals surface area contributed by atoms with Gasteiger partial charge < -0.3 is 9.50 Å². The number of carbonyl (C=O) groups is 1. The Labute approximate surface area is 98.8 Å². The second-order valence-electron chi connectivity index (χ2n) is 2.03. The zero-order chi connectivity index (χ0) is 10.7. The van der Waals surface area contributed by atoms with Gasteiger partial charge in [0.1, 0.15) is 6.04 Å². The summed E-state index contributed by atoms with van der Waals surface area (Å²) in [4.78, 5) is 10.9. The quantitative estimate of drug-likeness (QED) is 0.522. The zero-order valence-corrected chi connectivity index (χ0v) is 10.8. The number of thiol groups is 2. The van der Waals surface area contributed by atoms with Gasteiger partial charge >= 0.3 is 5.97 Å². The predicted molar refractivity (Wildman–Crippen MR) is 65.8 cm³/mol. The van der Waals surface area contributed by atoms with Crippen LogP contribution in [0.1, 0.15) is 6.42 Å². The summed E-state index contributed by atoms with van der Waals surface area (Å²) in [6.07, 6.45) is 2.77. The Hall–Kier alpha value is 0.770. The van der Waals surface area contributed by atoms with E-state index in [1.165, 1.54) is 0 Å². The highest BCUT2D eigenvalue weighted by Crippen LogP contribution is 2.02. The van der Waals surface area contributed by atoms with Gasteiger partial charge in [-0.05, 0) is 36.2 Å². The number of likely N-dealkylation sites (N-methyl/N-ethyl adjacent to an activating group) is 1. The molecule has 1 N–H and O–H groups in total. The summed E-state index contributed by atoms with van der Waals surface area (Å²) >= 11 is 8.14. The number of rotatable bonds is 5. The first-order valence-corrected chi connectivity index (χ1v) is 6.55. The maximum absolute atomic E-state index is 10.9. The largest absolute Gasteiger partial charge is 0.393 e. The number of hydrogen-bond donors (Lipinski definition) is 3. The smallest absolute Gasteiger partial charge is 0.334 e. The van der Waals surface area contributed by atoms with Crippen LogP contribution in [0.3, 0.4) is 0 Å². The van der Waals surface area contributed by atoms with Crippen LogP contribution >= 0.6 is 47.2 Å². The lowest BCUT2D eigenvalue weighted by atomic mass is 10.2. The van der Waals surface area contributed by atoms with Crippen molar-refractivity contribution in [2.24, 2.45) is 0 Å². The summed E-state index contributed by atoms with van der Waals surface area (Å²) in [5.41, 5.74) is 0. The fraction of sp³-hybridized carbons (Fsp3) is 0.833. The molecule has 0 unspecified atom stereocenters. The predicted octanol–water partition coefficient (Wildman–Crippen LogP) is 1.79. The number of hydrogen-bond acceptors (Lipinski definition) is 6. The molecule has 0 bridgehead atoms. The molecule has 0 aliphatic rings. The van der Waals surface area contributed by atoms with Crippen molar-refractivity contribution in [2.75, 3.05) is 19.1 Å². The Kier molecular flexibility index (Phi) is 15.9. The average molecular weight is 264 g/mol. The minimum Gasteiger partial charge on any atom is -0.393 e. The Balaban J connectivity index is 0. The molecular weight excluding hydrogens is 250 g/mol. The van der Waals surface area contributed by atoms with Crippen molar-refractivity contribution >= 4 is 53.2 Å². The van der Waals surface area contributed by atoms with Crippen molar-refractivity contribution in [2.45, 2.75) is 12.5 Å². The number of nitrogens with one attached hydrogen (secondary N) is 1. The summed E-state index contributed by atoms with van der Waals surface area (Å²) in [7, 11) is 6.07. The second-order valence-corrected chi connectivity index (χ2v) is 3.20. The fourth-order valence-corrected chi connectivity index (χ4v) is 1.28. The Morgan fingerprint density at radius 1 is 1.69 bits per heavy atom. The first-order chi connectivity index (χ1) is 6.26. The standard InChI is InChI=1S/C6H13NO2S2.ClHS/c1-7-5(3-4-11-2)6(8)9-10;1-2/h5,7,10H,3-4H2,1-2H3;2H/t5-;/m0./s1. The summed E-state index contributed by atoms with van der Waals surface area (Å²) in [6, 6.07) is -0.222. The van der Waals surface area contributed by atoms with Gasteiger partial charge in [0.25, 0.3) is 0 Å². The van der Waals surface area contributed by atoms with Gasteiger partial charge in [-0.3, -0.25) is 0 Å². The molecule has 0 aromatic rings. The highest BCUT2D eigenvalue weighted by Gasteiger charge is 2.15. The minimum atomic E-state index is -0.315. The van der Waals surface area contributed by atoms with E-state index in [2.05, 4.69) is 44.9 Å². The molecule has 7 heteroatoms. The van der Waals surface area contributed by atoms with Crippen molar-refractivity contribution in [1.29, 1.82) is 0 Å². The lowest BCUT2D eigenvalue weighted by Gasteiger charge is -2.10. The molecule has 0 aromatic carbocycles. The Bertz CT molecular complexity index is 128. The van der Waals surface area contributed by atoms with Crippen molar-refractivity contribution in [3.8, 4) is 0 Å². The average Bonchev–Trinajstić information content (AvgIpc) is 2.21. The van der Waals surface area contributed by atoms with E-state index >= 15 is 0 Å². The van der Waals surface area contributed by atoms with Crippen molar-refractivity contribution in [3.63, 3.8) is 0 Å². The van der Waals surface area contributed by atoms with Crippen LogP contribution in [0, 0.1) is 0 Å². The van der Waals surface area contributed by atoms with Crippen LogP contribution in [0.5, 0.6) is 0 Å². The topological polar surface area (TPSA) is 38.3 Å². The first kappa shape index (κ1) is 16.2. The summed E-state index contributed by atoms with van der Waals surface area (Å²) in [5.74, 6) is 0.624. The molecule has 0 amide bonds. The van der Waals surface area contributed by atoms with Crippen LogP contribution < -0.4 is 5.32 Å². The van der Waals surface area contributed by atoms with E-state index in [1.54, 1.807) is 18.8 Å². The highest BCUT2D eigenvalue weighted by molar-refractivity contribution is 8.05. The second kappa shape index (κ2) is 12.8. The van der Waals surface area contributed by atoms with Gasteiger partial charge in [-0.25, -0.2) is 4.79 Å². The van der Waals surface area contributed by atoms with Crippen LogP contribution in [0.2, 0.25) is 0 Å². The van der Waals surface area contributed by atoms with E-state index in [0.717, 1.165) is 12.2 Å². The monoisotopic (exact) mass is 263 g/mol. The van der Waals surface area contributed by atoms with Gasteiger partial charge in [0, 0.05) is 12.9 Å². The molecule has 0 saturated carbocycles. The van der Waals surface area contributed by atoms with E-state index < -0.39 is 0 Å². The molecule has 0 saturated heterocycles. The minimum absolute atomic E-state index is 0.222. The van der Waals surface area contributed by atoms with Gasteiger partial charge in [-0.2, -0.15) is 11.8 Å². The molecule has 0 radical (unpaired) electrons. The van der Waals surface area contributed by atoms with Gasteiger partial charge in [-0.1, -0.05) is 11.8 Å². The molecule has 0 aromatic heterocycles. The van der Waals surface area contributed by atoms with Crippen LogP contribution in [0.25, 0.3) is 0 Å². The van der Waals surface area contributed by atoms with E-state index in [0.29, 0.717) is 0 Å². The van der Waals surface area contributed by atoms with Gasteiger partial charge in [0.15, 0.2) is 0 Å². The summed E-state index contributed by atoms with van der Waals surface area (Å²) in [6.45, 7) is 0. The normalized spacial score (nSPS) is 11.2. The summed E-state index contributed by atoms with van der Waals surface area (Å²) < 4.78 is 4.28. The number of thioether (sulfide) groups is 1. The Morgan fingerprint density at radius 3 is 2.54 bits per heavy atom. The summed E-state index contributed by atoms with van der Waals surface area (Å²) in [5, 5.41) is 2.85. The maximum Gasteiger partial charge on any atom is 0.334 e. The molecule has 1 atom stereocenters. The molecule has 3 nitrogen and oxygen atoms in total. The molecule has 80 valence electrons. The lowest BCUT2D eigenvalue weighted by molar-refractivity contribution is -0.135. The SMILES string of the molecule is CN[C@@H](CCSC)C(=O)OS.SCl. The molecule has 13 heavy (non-hydrogen) atoms. The fourth-order valence-electron chi connectivity index (χ4n) is 0.679. The highest BCUT2D eigenvalue weighted by atomic mass is 35.7. The molecule has 0 spiro atoms. The molecule has 0 aliphatic carbocycles. The Morgan fingerprint density at radius 2 is 2.23 bits per heavy atom. The van der Waals surface area contributed by atoms with E-state index in [1.807, 2.05) is 6.26 Å². The van der Waals surface area contributed by atoms with Crippen molar-refractivity contribution < 1.29 is 8.98 Å². The molecule has 0 heterocycles. The first-order valence-electron chi connectivity index (χ1n) is 3.44. The van der Waals surface area contributed by atoms with E-state index in [-0.39, 0.29) is 12.0 Å².